The average Bonchev–Trinajstić information content (AvgIpc) is 2.74. The summed E-state index contributed by atoms with van der Waals surface area (Å²) in [7, 11) is 1.59. The molecule has 148 valence electrons. The molecular formula is C22H18BrClN2O3. The van der Waals surface area contributed by atoms with Gasteiger partial charge in [-0.25, -0.2) is 5.43 Å². The van der Waals surface area contributed by atoms with Crippen LogP contribution in [0.25, 0.3) is 0 Å². The van der Waals surface area contributed by atoms with E-state index in [-0.39, 0.29) is 5.91 Å². The van der Waals surface area contributed by atoms with E-state index in [0.29, 0.717) is 28.7 Å². The highest BCUT2D eigenvalue weighted by molar-refractivity contribution is 9.10. The fraction of sp³-hybridized carbons (Fsp3) is 0.0909. The Bertz CT molecular complexity index is 1010. The van der Waals surface area contributed by atoms with Gasteiger partial charge in [0.2, 0.25) is 0 Å². The monoisotopic (exact) mass is 472 g/mol. The SMILES string of the molecule is COc1ccc(/C=N\NC(=O)c2ccc(Cl)cc2)cc1OCc1ccc(Br)cc1. The average molecular weight is 474 g/mol. The van der Waals surface area contributed by atoms with Gasteiger partial charge in [0, 0.05) is 15.1 Å². The fourth-order valence-electron chi connectivity index (χ4n) is 2.46. The van der Waals surface area contributed by atoms with Crippen LogP contribution in [-0.4, -0.2) is 19.2 Å². The van der Waals surface area contributed by atoms with Gasteiger partial charge in [0.25, 0.3) is 5.91 Å². The van der Waals surface area contributed by atoms with Gasteiger partial charge in [0.15, 0.2) is 11.5 Å². The van der Waals surface area contributed by atoms with Crippen molar-refractivity contribution in [2.45, 2.75) is 6.61 Å². The van der Waals surface area contributed by atoms with E-state index in [2.05, 4.69) is 26.5 Å². The highest BCUT2D eigenvalue weighted by Gasteiger charge is 2.07. The summed E-state index contributed by atoms with van der Waals surface area (Å²) in [5.41, 5.74) is 4.75. The Hall–Kier alpha value is -2.83. The molecule has 0 radical (unpaired) electrons. The van der Waals surface area contributed by atoms with Crippen LogP contribution in [0, 0.1) is 0 Å². The maximum absolute atomic E-state index is 12.1. The molecule has 0 spiro atoms. The van der Waals surface area contributed by atoms with Crippen LogP contribution in [0.3, 0.4) is 0 Å². The van der Waals surface area contributed by atoms with Crippen molar-refractivity contribution in [3.8, 4) is 11.5 Å². The number of carbonyl (C=O) groups excluding carboxylic acids is 1. The number of hydrazone groups is 1. The van der Waals surface area contributed by atoms with Crippen molar-refractivity contribution in [3.63, 3.8) is 0 Å². The van der Waals surface area contributed by atoms with Crippen molar-refractivity contribution in [1.29, 1.82) is 0 Å². The lowest BCUT2D eigenvalue weighted by Gasteiger charge is -2.11. The van der Waals surface area contributed by atoms with Crippen LogP contribution < -0.4 is 14.9 Å². The Kier molecular flexibility index (Phi) is 7.27. The van der Waals surface area contributed by atoms with Crippen molar-refractivity contribution >= 4 is 39.7 Å². The van der Waals surface area contributed by atoms with E-state index >= 15 is 0 Å². The van der Waals surface area contributed by atoms with Crippen molar-refractivity contribution in [2.75, 3.05) is 7.11 Å². The van der Waals surface area contributed by atoms with Crippen molar-refractivity contribution in [2.24, 2.45) is 5.10 Å². The number of hydrogen-bond acceptors (Lipinski definition) is 4. The maximum atomic E-state index is 12.1. The molecule has 0 bridgehead atoms. The molecular weight excluding hydrogens is 456 g/mol. The van der Waals surface area contributed by atoms with Crippen molar-refractivity contribution in [3.05, 3.63) is 92.9 Å². The summed E-state index contributed by atoms with van der Waals surface area (Å²) in [4.78, 5) is 12.1. The molecule has 0 aromatic heterocycles. The van der Waals surface area contributed by atoms with E-state index in [1.807, 2.05) is 30.3 Å². The van der Waals surface area contributed by atoms with Gasteiger partial charge in [0.05, 0.1) is 13.3 Å². The highest BCUT2D eigenvalue weighted by Crippen LogP contribution is 2.28. The Labute approximate surface area is 182 Å². The topological polar surface area (TPSA) is 59.9 Å². The second-order valence-electron chi connectivity index (χ2n) is 6.03. The summed E-state index contributed by atoms with van der Waals surface area (Å²) in [6, 6.07) is 19.9. The van der Waals surface area contributed by atoms with Crippen LogP contribution in [0.2, 0.25) is 5.02 Å². The lowest BCUT2D eigenvalue weighted by atomic mass is 10.2. The number of nitrogens with one attached hydrogen (secondary N) is 1. The third-order valence-electron chi connectivity index (χ3n) is 3.98. The molecule has 0 saturated heterocycles. The molecule has 3 rings (SSSR count). The molecule has 3 aromatic rings. The fourth-order valence-corrected chi connectivity index (χ4v) is 2.85. The van der Waals surface area contributed by atoms with Crippen LogP contribution in [0.15, 0.2) is 76.3 Å². The summed E-state index contributed by atoms with van der Waals surface area (Å²) in [5.74, 6) is 0.881. The van der Waals surface area contributed by atoms with Crippen LogP contribution in [0.4, 0.5) is 0 Å². The third-order valence-corrected chi connectivity index (χ3v) is 4.76. The van der Waals surface area contributed by atoms with Gasteiger partial charge in [-0.3, -0.25) is 4.79 Å². The molecule has 29 heavy (non-hydrogen) atoms. The van der Waals surface area contributed by atoms with Crippen molar-refractivity contribution in [1.82, 2.24) is 5.43 Å². The van der Waals surface area contributed by atoms with Gasteiger partial charge < -0.3 is 9.47 Å². The zero-order valence-electron chi connectivity index (χ0n) is 15.6. The Balaban J connectivity index is 1.65. The first-order valence-electron chi connectivity index (χ1n) is 8.69. The molecule has 5 nitrogen and oxygen atoms in total. The second kappa shape index (κ2) is 10.1. The number of hydrogen-bond donors (Lipinski definition) is 1. The number of rotatable bonds is 7. The predicted octanol–water partition coefficient (Wildman–Crippen LogP) is 5.45. The van der Waals surface area contributed by atoms with Gasteiger partial charge in [0.1, 0.15) is 6.61 Å². The van der Waals surface area contributed by atoms with Gasteiger partial charge in [-0.2, -0.15) is 5.10 Å². The predicted molar refractivity (Wildman–Crippen MR) is 118 cm³/mol. The number of halogens is 2. The van der Waals surface area contributed by atoms with Crippen LogP contribution >= 0.6 is 27.5 Å². The number of carbonyl (C=O) groups is 1. The Morgan fingerprint density at radius 1 is 1.07 bits per heavy atom. The molecule has 3 aromatic carbocycles. The normalized spacial score (nSPS) is 10.7. The molecule has 0 aliphatic carbocycles. The first kappa shape index (κ1) is 20.9. The minimum Gasteiger partial charge on any atom is -0.493 e. The first-order chi connectivity index (χ1) is 14.0. The molecule has 7 heteroatoms. The molecule has 0 aliphatic heterocycles. The molecule has 0 atom stereocenters. The molecule has 0 heterocycles. The lowest BCUT2D eigenvalue weighted by Crippen LogP contribution is -2.17. The van der Waals surface area contributed by atoms with Gasteiger partial charge in [-0.05, 0) is 65.7 Å². The molecule has 1 amide bonds. The summed E-state index contributed by atoms with van der Waals surface area (Å²) in [6.07, 6.45) is 1.54. The molecule has 1 N–H and O–H groups in total. The van der Waals surface area contributed by atoms with Crippen molar-refractivity contribution < 1.29 is 14.3 Å². The van der Waals surface area contributed by atoms with E-state index in [0.717, 1.165) is 15.6 Å². The third kappa shape index (κ3) is 6.07. The summed E-state index contributed by atoms with van der Waals surface area (Å²) in [6.45, 7) is 0.400. The Morgan fingerprint density at radius 3 is 2.48 bits per heavy atom. The zero-order chi connectivity index (χ0) is 20.6. The minimum atomic E-state index is -0.321. The molecule has 0 saturated carbocycles. The summed E-state index contributed by atoms with van der Waals surface area (Å²) < 4.78 is 12.3. The molecule has 0 fully saturated rings. The van der Waals surface area contributed by atoms with E-state index < -0.39 is 0 Å². The second-order valence-corrected chi connectivity index (χ2v) is 7.38. The van der Waals surface area contributed by atoms with Gasteiger partial charge in [-0.1, -0.05) is 39.7 Å². The molecule has 0 aliphatic rings. The van der Waals surface area contributed by atoms with Crippen LogP contribution in [0.5, 0.6) is 11.5 Å². The van der Waals surface area contributed by atoms with Gasteiger partial charge in [-0.15, -0.1) is 0 Å². The lowest BCUT2D eigenvalue weighted by molar-refractivity contribution is 0.0955. The van der Waals surface area contributed by atoms with Gasteiger partial charge >= 0.3 is 0 Å². The van der Waals surface area contributed by atoms with E-state index in [4.69, 9.17) is 21.1 Å². The summed E-state index contributed by atoms with van der Waals surface area (Å²) in [5, 5.41) is 4.57. The number of benzene rings is 3. The minimum absolute atomic E-state index is 0.321. The number of nitrogens with zero attached hydrogens (tertiary/aromatic N) is 1. The smallest absolute Gasteiger partial charge is 0.271 e. The highest BCUT2D eigenvalue weighted by atomic mass is 79.9. The molecule has 0 unspecified atom stereocenters. The number of amides is 1. The quantitative estimate of drug-likeness (QED) is 0.366. The van der Waals surface area contributed by atoms with E-state index in [9.17, 15) is 4.79 Å². The Morgan fingerprint density at radius 2 is 1.79 bits per heavy atom. The van der Waals surface area contributed by atoms with Crippen LogP contribution in [0.1, 0.15) is 21.5 Å². The maximum Gasteiger partial charge on any atom is 0.271 e. The first-order valence-corrected chi connectivity index (χ1v) is 9.86. The van der Waals surface area contributed by atoms with E-state index in [1.165, 1.54) is 0 Å². The number of methoxy groups -OCH3 is 1. The van der Waals surface area contributed by atoms with E-state index in [1.54, 1.807) is 49.7 Å². The zero-order valence-corrected chi connectivity index (χ0v) is 17.9. The largest absolute Gasteiger partial charge is 0.493 e. The summed E-state index contributed by atoms with van der Waals surface area (Å²) >= 11 is 9.24. The standard InChI is InChI=1S/C22H18BrClN2O3/c1-28-20-11-4-16(12-21(20)29-14-15-2-7-18(23)8-3-15)13-25-26-22(27)17-5-9-19(24)10-6-17/h2-13H,14H2,1H3,(H,26,27)/b25-13-. The number of ether oxygens (including phenoxy) is 2. The van der Waals surface area contributed by atoms with Crippen LogP contribution in [-0.2, 0) is 6.61 Å².